The summed E-state index contributed by atoms with van der Waals surface area (Å²) in [5, 5.41) is 13.9. The van der Waals surface area contributed by atoms with Crippen LogP contribution < -0.4 is 0 Å². The molecule has 1 aliphatic rings. The number of hydrogen-bond acceptors (Lipinski definition) is 6. The van der Waals surface area contributed by atoms with E-state index in [9.17, 15) is 5.11 Å². The van der Waals surface area contributed by atoms with Gasteiger partial charge in [0.05, 0.1) is 12.1 Å². The largest absolute Gasteiger partial charge is 0.392 e. The zero-order valence-electron chi connectivity index (χ0n) is 11.6. The Morgan fingerprint density at radius 2 is 2.30 bits per heavy atom. The highest BCUT2D eigenvalue weighted by Crippen LogP contribution is 2.33. The Morgan fingerprint density at radius 3 is 3.00 bits per heavy atom. The molecule has 2 aromatic heterocycles. The van der Waals surface area contributed by atoms with Crippen LogP contribution in [-0.4, -0.2) is 43.8 Å². The molecule has 1 fully saturated rings. The van der Waals surface area contributed by atoms with Gasteiger partial charge in [-0.1, -0.05) is 5.16 Å². The second-order valence-corrected chi connectivity index (χ2v) is 5.39. The molecule has 1 aliphatic heterocycles. The van der Waals surface area contributed by atoms with Gasteiger partial charge in [-0.25, -0.2) is 0 Å². The van der Waals surface area contributed by atoms with E-state index in [2.05, 4.69) is 33.9 Å². The van der Waals surface area contributed by atoms with Gasteiger partial charge >= 0.3 is 0 Å². The number of aliphatic hydroxyl groups is 1. The Balaban J connectivity index is 1.86. The van der Waals surface area contributed by atoms with E-state index in [1.165, 1.54) is 0 Å². The van der Waals surface area contributed by atoms with Crippen LogP contribution in [0, 0.1) is 0 Å². The summed E-state index contributed by atoms with van der Waals surface area (Å²) in [6.07, 6.45) is 3.71. The molecule has 0 aliphatic carbocycles. The maximum atomic E-state index is 9.86. The Kier molecular flexibility index (Phi) is 3.50. The van der Waals surface area contributed by atoms with Crippen molar-refractivity contribution in [3.63, 3.8) is 0 Å². The lowest BCUT2D eigenvalue weighted by molar-refractivity contribution is 0.150. The minimum Gasteiger partial charge on any atom is -0.392 e. The van der Waals surface area contributed by atoms with Crippen LogP contribution in [0.5, 0.6) is 0 Å². The van der Waals surface area contributed by atoms with E-state index in [4.69, 9.17) is 4.52 Å². The monoisotopic (exact) mass is 274 g/mol. The van der Waals surface area contributed by atoms with Crippen LogP contribution in [0.2, 0.25) is 0 Å². The molecule has 0 unspecified atom stereocenters. The van der Waals surface area contributed by atoms with Gasteiger partial charge in [0.15, 0.2) is 0 Å². The van der Waals surface area contributed by atoms with E-state index in [0.717, 1.165) is 5.56 Å². The van der Waals surface area contributed by atoms with Crippen molar-refractivity contribution < 1.29 is 9.63 Å². The van der Waals surface area contributed by atoms with Crippen molar-refractivity contribution in [2.24, 2.45) is 0 Å². The van der Waals surface area contributed by atoms with E-state index in [1.54, 1.807) is 12.4 Å². The zero-order valence-corrected chi connectivity index (χ0v) is 11.6. The summed E-state index contributed by atoms with van der Waals surface area (Å²) < 4.78 is 5.39. The quantitative estimate of drug-likeness (QED) is 0.917. The highest BCUT2D eigenvalue weighted by atomic mass is 16.5. The Bertz CT molecular complexity index is 570. The van der Waals surface area contributed by atoms with Crippen LogP contribution in [0.25, 0.3) is 11.4 Å². The number of nitrogens with zero attached hydrogens (tertiary/aromatic N) is 4. The van der Waals surface area contributed by atoms with Crippen LogP contribution in [-0.2, 0) is 0 Å². The van der Waals surface area contributed by atoms with Crippen LogP contribution in [0.4, 0.5) is 0 Å². The molecule has 1 N–H and O–H groups in total. The first-order valence-corrected chi connectivity index (χ1v) is 6.83. The first kappa shape index (κ1) is 13.2. The summed E-state index contributed by atoms with van der Waals surface area (Å²) in [7, 11) is 0. The topological polar surface area (TPSA) is 75.3 Å². The van der Waals surface area contributed by atoms with Gasteiger partial charge in [-0.15, -0.1) is 0 Å². The first-order chi connectivity index (χ1) is 9.65. The maximum absolute atomic E-state index is 9.86. The van der Waals surface area contributed by atoms with Gasteiger partial charge in [0.2, 0.25) is 11.7 Å². The number of aromatic nitrogens is 3. The highest BCUT2D eigenvalue weighted by molar-refractivity contribution is 5.51. The average molecular weight is 274 g/mol. The molecule has 6 nitrogen and oxygen atoms in total. The van der Waals surface area contributed by atoms with Crippen LogP contribution in [0.15, 0.2) is 29.0 Å². The van der Waals surface area contributed by atoms with E-state index in [-0.39, 0.29) is 12.1 Å². The molecule has 2 aromatic rings. The van der Waals surface area contributed by atoms with E-state index < -0.39 is 0 Å². The first-order valence-electron chi connectivity index (χ1n) is 6.83. The van der Waals surface area contributed by atoms with Gasteiger partial charge in [-0.3, -0.25) is 9.88 Å². The summed E-state index contributed by atoms with van der Waals surface area (Å²) in [5.41, 5.74) is 0.831. The van der Waals surface area contributed by atoms with Crippen molar-refractivity contribution in [1.29, 1.82) is 0 Å². The molecular formula is C14H18N4O2. The second kappa shape index (κ2) is 5.30. The molecule has 6 heteroatoms. The molecule has 0 amide bonds. The third-order valence-corrected chi connectivity index (χ3v) is 3.63. The summed E-state index contributed by atoms with van der Waals surface area (Å²) >= 11 is 0. The summed E-state index contributed by atoms with van der Waals surface area (Å²) in [5.74, 6) is 1.10. The fourth-order valence-corrected chi connectivity index (χ4v) is 2.63. The summed E-state index contributed by atoms with van der Waals surface area (Å²) in [4.78, 5) is 10.7. The molecule has 0 radical (unpaired) electrons. The summed E-state index contributed by atoms with van der Waals surface area (Å²) in [6, 6.07) is 4.05. The lowest BCUT2D eigenvalue weighted by Crippen LogP contribution is -2.31. The lowest BCUT2D eigenvalue weighted by Gasteiger charge is -2.25. The van der Waals surface area contributed by atoms with Gasteiger partial charge < -0.3 is 9.63 Å². The van der Waals surface area contributed by atoms with Crippen LogP contribution in [0.1, 0.15) is 32.2 Å². The van der Waals surface area contributed by atoms with Crippen molar-refractivity contribution in [2.45, 2.75) is 38.5 Å². The lowest BCUT2D eigenvalue weighted by atomic mass is 10.2. The van der Waals surface area contributed by atoms with E-state index >= 15 is 0 Å². The van der Waals surface area contributed by atoms with Gasteiger partial charge in [-0.05, 0) is 32.4 Å². The number of pyridine rings is 1. The molecule has 3 heterocycles. The minimum atomic E-state index is -0.337. The number of aliphatic hydroxyl groups excluding tert-OH is 1. The third kappa shape index (κ3) is 2.44. The molecule has 3 rings (SSSR count). The predicted octanol–water partition coefficient (Wildman–Crippen LogP) is 1.65. The van der Waals surface area contributed by atoms with Gasteiger partial charge in [0.25, 0.3) is 0 Å². The number of hydrogen-bond donors (Lipinski definition) is 1. The molecule has 0 aromatic carbocycles. The van der Waals surface area contributed by atoms with Crippen molar-refractivity contribution >= 4 is 0 Å². The fraction of sp³-hybridized carbons (Fsp3) is 0.500. The molecule has 0 saturated carbocycles. The molecule has 0 spiro atoms. The SMILES string of the molecule is CC(C)N1C[C@H](O)C[C@H]1c1nc(-c2cccnc2)no1. The molecule has 106 valence electrons. The number of likely N-dealkylation sites (tertiary alicyclic amines) is 1. The van der Waals surface area contributed by atoms with E-state index in [1.807, 2.05) is 12.1 Å². The number of β-amino-alcohol motifs (C(OH)–C–C–N with tert-alkyl or cyclic N) is 1. The Labute approximate surface area is 117 Å². The van der Waals surface area contributed by atoms with Crippen molar-refractivity contribution in [2.75, 3.05) is 6.54 Å². The van der Waals surface area contributed by atoms with Gasteiger partial charge in [0.1, 0.15) is 0 Å². The maximum Gasteiger partial charge on any atom is 0.244 e. The Hall–Kier alpha value is -1.79. The standard InChI is InChI=1S/C14H18N4O2/c1-9(2)18-8-11(19)6-12(18)14-16-13(17-20-14)10-4-3-5-15-7-10/h3-5,7,9,11-12,19H,6,8H2,1-2H3/t11-,12+/m1/s1. The van der Waals surface area contributed by atoms with E-state index in [0.29, 0.717) is 30.7 Å². The summed E-state index contributed by atoms with van der Waals surface area (Å²) in [6.45, 7) is 4.85. The molecular weight excluding hydrogens is 256 g/mol. The van der Waals surface area contributed by atoms with Crippen molar-refractivity contribution in [3.05, 3.63) is 30.4 Å². The predicted molar refractivity (Wildman–Crippen MR) is 72.7 cm³/mol. The molecule has 1 saturated heterocycles. The van der Waals surface area contributed by atoms with Crippen LogP contribution >= 0.6 is 0 Å². The van der Waals surface area contributed by atoms with Crippen molar-refractivity contribution in [3.8, 4) is 11.4 Å². The minimum absolute atomic E-state index is 0.0112. The molecule has 20 heavy (non-hydrogen) atoms. The van der Waals surface area contributed by atoms with Gasteiger partial charge in [-0.2, -0.15) is 4.98 Å². The van der Waals surface area contributed by atoms with Gasteiger partial charge in [0, 0.05) is 30.5 Å². The Morgan fingerprint density at radius 1 is 1.45 bits per heavy atom. The fourth-order valence-electron chi connectivity index (χ4n) is 2.63. The normalized spacial score (nSPS) is 23.6. The zero-order chi connectivity index (χ0) is 14.1. The highest BCUT2D eigenvalue weighted by Gasteiger charge is 2.37. The smallest absolute Gasteiger partial charge is 0.244 e. The number of rotatable bonds is 3. The third-order valence-electron chi connectivity index (χ3n) is 3.63. The van der Waals surface area contributed by atoms with Crippen molar-refractivity contribution in [1.82, 2.24) is 20.0 Å². The molecule has 2 atom stereocenters. The molecule has 0 bridgehead atoms. The van der Waals surface area contributed by atoms with Crippen LogP contribution in [0.3, 0.4) is 0 Å². The average Bonchev–Trinajstić information content (AvgIpc) is 3.06. The second-order valence-electron chi connectivity index (χ2n) is 5.39.